The molecule has 0 unspecified atom stereocenters. The third kappa shape index (κ3) is 5.21. The molecule has 0 saturated carbocycles. The van der Waals surface area contributed by atoms with Crippen LogP contribution in [0.25, 0.3) is 10.4 Å². The highest BCUT2D eigenvalue weighted by Crippen LogP contribution is 2.42. The summed E-state index contributed by atoms with van der Waals surface area (Å²) >= 11 is 7.75. The molecule has 3 heterocycles. The fourth-order valence-electron chi connectivity index (χ4n) is 4.29. The summed E-state index contributed by atoms with van der Waals surface area (Å²) in [6.45, 7) is 3.66. The highest BCUT2D eigenvalue weighted by molar-refractivity contribution is 7.17. The van der Waals surface area contributed by atoms with Gasteiger partial charge in [0.1, 0.15) is 5.75 Å². The van der Waals surface area contributed by atoms with Gasteiger partial charge in [-0.05, 0) is 35.9 Å². The van der Waals surface area contributed by atoms with Gasteiger partial charge in [-0.25, -0.2) is 0 Å². The van der Waals surface area contributed by atoms with E-state index in [-0.39, 0.29) is 11.8 Å². The maximum absolute atomic E-state index is 13.2. The van der Waals surface area contributed by atoms with Crippen molar-refractivity contribution < 1.29 is 19.1 Å². The summed E-state index contributed by atoms with van der Waals surface area (Å²) in [7, 11) is 1.73. The minimum Gasteiger partial charge on any atom is -0.492 e. The molecule has 0 radical (unpaired) electrons. The molecular formula is C26H26ClN3O4S. The molecule has 1 fully saturated rings. The first-order valence-corrected chi connectivity index (χ1v) is 12.7. The molecule has 1 N–H and O–H groups in total. The predicted octanol–water partition coefficient (Wildman–Crippen LogP) is 4.55. The largest absolute Gasteiger partial charge is 0.492 e. The Morgan fingerprint density at radius 1 is 1.11 bits per heavy atom. The van der Waals surface area contributed by atoms with E-state index in [0.717, 1.165) is 29.1 Å². The SMILES string of the molecule is CN(C(=O)c1cc2c(s1)-c1ccc(NC(=O)CN3CCOCC3)cc1OCC2)c1ccccc1Cl. The highest BCUT2D eigenvalue weighted by atomic mass is 35.5. The van der Waals surface area contributed by atoms with Gasteiger partial charge in [-0.1, -0.05) is 23.7 Å². The van der Waals surface area contributed by atoms with Gasteiger partial charge in [-0.3, -0.25) is 14.5 Å². The van der Waals surface area contributed by atoms with Crippen LogP contribution in [-0.4, -0.2) is 63.2 Å². The third-order valence-electron chi connectivity index (χ3n) is 6.15. The summed E-state index contributed by atoms with van der Waals surface area (Å²) in [5.41, 5.74) is 3.36. The molecule has 0 bridgehead atoms. The minimum atomic E-state index is -0.106. The van der Waals surface area contributed by atoms with Gasteiger partial charge < -0.3 is 19.7 Å². The molecule has 2 aliphatic heterocycles. The second kappa shape index (κ2) is 10.4. The first kappa shape index (κ1) is 23.8. The number of para-hydroxylation sites is 1. The molecule has 3 aromatic rings. The second-order valence-electron chi connectivity index (χ2n) is 8.53. The molecule has 7 nitrogen and oxygen atoms in total. The Kier molecular flexibility index (Phi) is 7.06. The fourth-order valence-corrected chi connectivity index (χ4v) is 5.77. The van der Waals surface area contributed by atoms with Gasteiger partial charge in [0.05, 0.1) is 42.0 Å². The minimum absolute atomic E-state index is 0.0622. The molecule has 35 heavy (non-hydrogen) atoms. The average Bonchev–Trinajstić information content (AvgIpc) is 3.20. The number of morpholine rings is 1. The number of thiophene rings is 1. The smallest absolute Gasteiger partial charge is 0.268 e. The standard InChI is InChI=1S/C26H26ClN3O4S/c1-29(21-5-3-2-4-20(21)27)26(32)23-14-17-8-11-34-22-15-18(6-7-19(22)25(17)35-23)28-24(31)16-30-9-12-33-13-10-30/h2-7,14-15H,8-13,16H2,1H3,(H,28,31). The number of anilines is 2. The van der Waals surface area contributed by atoms with Crippen molar-refractivity contribution in [3.8, 4) is 16.2 Å². The van der Waals surface area contributed by atoms with Crippen molar-refractivity contribution in [3.63, 3.8) is 0 Å². The average molecular weight is 512 g/mol. The van der Waals surface area contributed by atoms with Crippen LogP contribution in [0.2, 0.25) is 5.02 Å². The maximum Gasteiger partial charge on any atom is 0.268 e. The van der Waals surface area contributed by atoms with Gasteiger partial charge in [-0.15, -0.1) is 11.3 Å². The first-order valence-electron chi connectivity index (χ1n) is 11.5. The zero-order chi connectivity index (χ0) is 24.4. The van der Waals surface area contributed by atoms with Crippen molar-refractivity contribution in [2.75, 3.05) is 56.7 Å². The van der Waals surface area contributed by atoms with E-state index in [4.69, 9.17) is 21.1 Å². The summed E-state index contributed by atoms with van der Waals surface area (Å²) in [6.07, 6.45) is 0.697. The number of carbonyl (C=O) groups is 2. The molecule has 182 valence electrons. The van der Waals surface area contributed by atoms with Crippen LogP contribution in [0.1, 0.15) is 15.2 Å². The van der Waals surface area contributed by atoms with E-state index in [1.54, 1.807) is 18.0 Å². The van der Waals surface area contributed by atoms with Crippen molar-refractivity contribution in [1.29, 1.82) is 0 Å². The van der Waals surface area contributed by atoms with Crippen molar-refractivity contribution >= 4 is 46.1 Å². The van der Waals surface area contributed by atoms with Crippen LogP contribution < -0.4 is 15.0 Å². The highest BCUT2D eigenvalue weighted by Gasteiger charge is 2.24. The first-order chi connectivity index (χ1) is 17.0. The lowest BCUT2D eigenvalue weighted by Gasteiger charge is -2.25. The summed E-state index contributed by atoms with van der Waals surface area (Å²) < 4.78 is 11.4. The van der Waals surface area contributed by atoms with Crippen molar-refractivity contribution in [2.24, 2.45) is 0 Å². The van der Waals surface area contributed by atoms with Crippen molar-refractivity contribution in [1.82, 2.24) is 4.90 Å². The lowest BCUT2D eigenvalue weighted by molar-refractivity contribution is -0.118. The van der Waals surface area contributed by atoms with Gasteiger partial charge in [-0.2, -0.15) is 0 Å². The zero-order valence-corrected chi connectivity index (χ0v) is 21.0. The summed E-state index contributed by atoms with van der Waals surface area (Å²) in [6, 6.07) is 14.9. The molecule has 9 heteroatoms. The second-order valence-corrected chi connectivity index (χ2v) is 9.99. The summed E-state index contributed by atoms with van der Waals surface area (Å²) in [5.74, 6) is 0.534. The number of carbonyl (C=O) groups excluding carboxylic acids is 2. The Balaban J connectivity index is 1.35. The summed E-state index contributed by atoms with van der Waals surface area (Å²) in [4.78, 5) is 31.1. The summed E-state index contributed by atoms with van der Waals surface area (Å²) in [5, 5.41) is 3.51. The number of hydrogen-bond acceptors (Lipinski definition) is 6. The molecule has 5 rings (SSSR count). The van der Waals surface area contributed by atoms with E-state index in [9.17, 15) is 9.59 Å². The van der Waals surface area contributed by atoms with E-state index >= 15 is 0 Å². The number of fused-ring (bicyclic) bond motifs is 3. The van der Waals surface area contributed by atoms with Gasteiger partial charge in [0.25, 0.3) is 5.91 Å². The molecule has 1 aromatic heterocycles. The zero-order valence-electron chi connectivity index (χ0n) is 19.4. The van der Waals surface area contributed by atoms with Gasteiger partial charge in [0.15, 0.2) is 0 Å². The van der Waals surface area contributed by atoms with E-state index < -0.39 is 0 Å². The number of amides is 2. The fraction of sp³-hybridized carbons (Fsp3) is 0.308. The van der Waals surface area contributed by atoms with Gasteiger partial charge in [0.2, 0.25) is 5.91 Å². The normalized spacial score (nSPS) is 15.4. The van der Waals surface area contributed by atoms with E-state index in [0.29, 0.717) is 59.8 Å². The Morgan fingerprint density at radius 2 is 1.91 bits per heavy atom. The predicted molar refractivity (Wildman–Crippen MR) is 139 cm³/mol. The molecule has 2 aliphatic rings. The van der Waals surface area contributed by atoms with Crippen molar-refractivity contribution in [2.45, 2.75) is 6.42 Å². The van der Waals surface area contributed by atoms with Crippen LogP contribution in [0.15, 0.2) is 48.5 Å². The monoisotopic (exact) mass is 511 g/mol. The Bertz CT molecular complexity index is 1260. The molecule has 2 amide bonds. The van der Waals surface area contributed by atoms with Crippen LogP contribution in [-0.2, 0) is 16.0 Å². The number of halogens is 1. The van der Waals surface area contributed by atoms with Crippen LogP contribution in [0.3, 0.4) is 0 Å². The number of nitrogens with one attached hydrogen (secondary N) is 1. The molecular weight excluding hydrogens is 486 g/mol. The lowest BCUT2D eigenvalue weighted by atomic mass is 10.1. The molecule has 0 atom stereocenters. The quantitative estimate of drug-likeness (QED) is 0.544. The number of nitrogens with zero attached hydrogens (tertiary/aromatic N) is 2. The molecule has 0 spiro atoms. The van der Waals surface area contributed by atoms with Crippen LogP contribution in [0.4, 0.5) is 11.4 Å². The number of benzene rings is 2. The van der Waals surface area contributed by atoms with E-state index in [1.165, 1.54) is 11.3 Å². The topological polar surface area (TPSA) is 71.1 Å². The van der Waals surface area contributed by atoms with Crippen LogP contribution in [0, 0.1) is 0 Å². The van der Waals surface area contributed by atoms with Gasteiger partial charge in [0, 0.05) is 48.8 Å². The van der Waals surface area contributed by atoms with E-state index in [1.807, 2.05) is 42.5 Å². The van der Waals surface area contributed by atoms with Crippen LogP contribution >= 0.6 is 22.9 Å². The van der Waals surface area contributed by atoms with Gasteiger partial charge >= 0.3 is 0 Å². The Hall–Kier alpha value is -2.91. The Labute approximate surface area is 213 Å². The molecule has 2 aromatic carbocycles. The molecule has 1 saturated heterocycles. The van der Waals surface area contributed by atoms with Crippen molar-refractivity contribution in [3.05, 3.63) is 64.0 Å². The third-order valence-corrected chi connectivity index (χ3v) is 7.67. The van der Waals surface area contributed by atoms with E-state index in [2.05, 4.69) is 10.2 Å². The molecule has 0 aliphatic carbocycles. The number of rotatable bonds is 5. The lowest BCUT2D eigenvalue weighted by Crippen LogP contribution is -2.41. The maximum atomic E-state index is 13.2. The number of ether oxygens (including phenoxy) is 2. The number of hydrogen-bond donors (Lipinski definition) is 1. The van der Waals surface area contributed by atoms with Crippen LogP contribution in [0.5, 0.6) is 5.75 Å². The Morgan fingerprint density at radius 3 is 2.71 bits per heavy atom.